The number of halogens is 1. The molecule has 134 valence electrons. The number of nitrogens with zero attached hydrogens (tertiary/aromatic N) is 3. The van der Waals surface area contributed by atoms with Gasteiger partial charge in [-0.3, -0.25) is 0 Å². The SMILES string of the molecule is COC(=O)c1ccc(-c2cn(Cc3cc(Cl)ccc3OC)nn2)c(C)c1. The van der Waals surface area contributed by atoms with Crippen molar-refractivity contribution in [3.8, 4) is 17.0 Å². The molecule has 3 rings (SSSR count). The van der Waals surface area contributed by atoms with Gasteiger partial charge in [0.15, 0.2) is 0 Å². The van der Waals surface area contributed by atoms with Gasteiger partial charge < -0.3 is 9.47 Å². The lowest BCUT2D eigenvalue weighted by molar-refractivity contribution is 0.0600. The molecule has 0 saturated heterocycles. The first-order valence-electron chi connectivity index (χ1n) is 7.93. The molecule has 6 nitrogen and oxygen atoms in total. The molecule has 0 saturated carbocycles. The molecule has 1 heterocycles. The summed E-state index contributed by atoms with van der Waals surface area (Å²) in [6.45, 7) is 2.40. The summed E-state index contributed by atoms with van der Waals surface area (Å²) in [5.74, 6) is 0.376. The molecule has 0 bridgehead atoms. The predicted octanol–water partition coefficient (Wildman–Crippen LogP) is 3.75. The van der Waals surface area contributed by atoms with E-state index in [0.29, 0.717) is 17.1 Å². The first-order valence-corrected chi connectivity index (χ1v) is 8.31. The summed E-state index contributed by atoms with van der Waals surface area (Å²) in [7, 11) is 2.98. The molecule has 0 fully saturated rings. The maximum absolute atomic E-state index is 11.6. The van der Waals surface area contributed by atoms with Crippen LogP contribution in [0.5, 0.6) is 5.75 Å². The second-order valence-corrected chi connectivity index (χ2v) is 6.22. The smallest absolute Gasteiger partial charge is 0.337 e. The van der Waals surface area contributed by atoms with E-state index in [0.717, 1.165) is 28.1 Å². The van der Waals surface area contributed by atoms with Crippen LogP contribution in [0.1, 0.15) is 21.5 Å². The van der Waals surface area contributed by atoms with Gasteiger partial charge in [0.2, 0.25) is 0 Å². The van der Waals surface area contributed by atoms with Crippen LogP contribution in [0.15, 0.2) is 42.6 Å². The minimum absolute atomic E-state index is 0.364. The highest BCUT2D eigenvalue weighted by atomic mass is 35.5. The van der Waals surface area contributed by atoms with Crippen molar-refractivity contribution < 1.29 is 14.3 Å². The van der Waals surface area contributed by atoms with Crippen LogP contribution < -0.4 is 4.74 Å². The van der Waals surface area contributed by atoms with Crippen molar-refractivity contribution in [2.45, 2.75) is 13.5 Å². The van der Waals surface area contributed by atoms with Gasteiger partial charge in [-0.25, -0.2) is 9.48 Å². The maximum atomic E-state index is 11.6. The molecule has 1 aromatic heterocycles. The van der Waals surface area contributed by atoms with Crippen molar-refractivity contribution in [3.05, 3.63) is 64.3 Å². The van der Waals surface area contributed by atoms with Crippen molar-refractivity contribution in [1.82, 2.24) is 15.0 Å². The van der Waals surface area contributed by atoms with Gasteiger partial charge in [-0.2, -0.15) is 0 Å². The lowest BCUT2D eigenvalue weighted by atomic mass is 10.0. The number of methoxy groups -OCH3 is 2. The Morgan fingerprint density at radius 3 is 2.69 bits per heavy atom. The first-order chi connectivity index (χ1) is 12.5. The average Bonchev–Trinajstić information content (AvgIpc) is 3.09. The number of aromatic nitrogens is 3. The largest absolute Gasteiger partial charge is 0.496 e. The summed E-state index contributed by atoms with van der Waals surface area (Å²) in [4.78, 5) is 11.6. The van der Waals surface area contributed by atoms with Crippen LogP contribution in [-0.2, 0) is 11.3 Å². The van der Waals surface area contributed by atoms with Gasteiger partial charge >= 0.3 is 5.97 Å². The molecule has 0 aliphatic rings. The van der Waals surface area contributed by atoms with Gasteiger partial charge in [-0.05, 0) is 42.8 Å². The molecule has 0 atom stereocenters. The van der Waals surface area contributed by atoms with Crippen molar-refractivity contribution in [1.29, 1.82) is 0 Å². The quantitative estimate of drug-likeness (QED) is 0.639. The molecule has 26 heavy (non-hydrogen) atoms. The van der Waals surface area contributed by atoms with Gasteiger partial charge in [0.05, 0.1) is 32.5 Å². The summed E-state index contributed by atoms with van der Waals surface area (Å²) in [5.41, 5.74) is 3.96. The molecule has 2 aromatic carbocycles. The van der Waals surface area contributed by atoms with E-state index in [9.17, 15) is 4.79 Å². The zero-order valence-corrected chi connectivity index (χ0v) is 15.4. The normalized spacial score (nSPS) is 10.6. The number of hydrogen-bond acceptors (Lipinski definition) is 5. The van der Waals surface area contributed by atoms with E-state index in [4.69, 9.17) is 21.1 Å². The Bertz CT molecular complexity index is 953. The summed E-state index contributed by atoms with van der Waals surface area (Å²) < 4.78 is 11.8. The molecule has 0 radical (unpaired) electrons. The number of hydrogen-bond donors (Lipinski definition) is 0. The summed E-state index contributed by atoms with van der Waals surface area (Å²) in [5, 5.41) is 9.06. The Labute approximate surface area is 156 Å². The number of ether oxygens (including phenoxy) is 2. The van der Waals surface area contributed by atoms with Gasteiger partial charge in [0.25, 0.3) is 0 Å². The van der Waals surface area contributed by atoms with Crippen molar-refractivity contribution in [2.75, 3.05) is 14.2 Å². The minimum Gasteiger partial charge on any atom is -0.496 e. The lowest BCUT2D eigenvalue weighted by Gasteiger charge is -2.08. The third kappa shape index (κ3) is 3.70. The molecule has 0 spiro atoms. The van der Waals surface area contributed by atoms with Crippen LogP contribution in [0.2, 0.25) is 5.02 Å². The number of benzene rings is 2. The standard InChI is InChI=1S/C19H18ClN3O3/c1-12-8-13(19(24)26-3)4-6-16(12)17-11-23(22-21-17)10-14-9-15(20)5-7-18(14)25-2/h4-9,11H,10H2,1-3H3. The van der Waals surface area contributed by atoms with E-state index in [1.54, 1.807) is 30.0 Å². The monoisotopic (exact) mass is 371 g/mol. The highest BCUT2D eigenvalue weighted by Crippen LogP contribution is 2.25. The van der Waals surface area contributed by atoms with Crippen LogP contribution in [0.3, 0.4) is 0 Å². The van der Waals surface area contributed by atoms with Gasteiger partial charge in [0, 0.05) is 16.1 Å². The third-order valence-corrected chi connectivity index (χ3v) is 4.27. The topological polar surface area (TPSA) is 66.2 Å². The van der Waals surface area contributed by atoms with Gasteiger partial charge in [0.1, 0.15) is 11.4 Å². The summed E-state index contributed by atoms with van der Waals surface area (Å²) >= 11 is 6.08. The Morgan fingerprint density at radius 1 is 1.19 bits per heavy atom. The van der Waals surface area contributed by atoms with E-state index in [2.05, 4.69) is 10.3 Å². The number of esters is 1. The Hall–Kier alpha value is -2.86. The number of carbonyl (C=O) groups excluding carboxylic acids is 1. The molecular formula is C19H18ClN3O3. The van der Waals surface area contributed by atoms with Crippen molar-refractivity contribution in [3.63, 3.8) is 0 Å². The van der Waals surface area contributed by atoms with Crippen LogP contribution >= 0.6 is 11.6 Å². The van der Waals surface area contributed by atoms with Gasteiger partial charge in [-0.1, -0.05) is 22.9 Å². The Morgan fingerprint density at radius 2 is 2.00 bits per heavy atom. The molecule has 0 unspecified atom stereocenters. The van der Waals surface area contributed by atoms with Crippen molar-refractivity contribution in [2.24, 2.45) is 0 Å². The van der Waals surface area contributed by atoms with Crippen molar-refractivity contribution >= 4 is 17.6 Å². The predicted molar refractivity (Wildman–Crippen MR) is 98.6 cm³/mol. The fourth-order valence-corrected chi connectivity index (χ4v) is 2.93. The zero-order chi connectivity index (χ0) is 18.7. The summed E-state index contributed by atoms with van der Waals surface area (Å²) in [6.07, 6.45) is 1.85. The van der Waals surface area contributed by atoms with Crippen LogP contribution in [0, 0.1) is 6.92 Å². The van der Waals surface area contributed by atoms with E-state index >= 15 is 0 Å². The molecule has 0 N–H and O–H groups in total. The molecule has 0 amide bonds. The van der Waals surface area contributed by atoms with Crippen LogP contribution in [-0.4, -0.2) is 35.2 Å². The highest BCUT2D eigenvalue weighted by molar-refractivity contribution is 6.30. The second kappa shape index (κ2) is 7.58. The number of carbonyl (C=O) groups is 1. The number of rotatable bonds is 5. The van der Waals surface area contributed by atoms with E-state index < -0.39 is 0 Å². The zero-order valence-electron chi connectivity index (χ0n) is 14.7. The van der Waals surface area contributed by atoms with Crippen LogP contribution in [0.4, 0.5) is 0 Å². The Balaban J connectivity index is 1.87. The fourth-order valence-electron chi connectivity index (χ4n) is 2.74. The maximum Gasteiger partial charge on any atom is 0.337 e. The lowest BCUT2D eigenvalue weighted by Crippen LogP contribution is -2.02. The third-order valence-electron chi connectivity index (χ3n) is 4.04. The molecule has 3 aromatic rings. The minimum atomic E-state index is -0.364. The van der Waals surface area contributed by atoms with E-state index in [1.807, 2.05) is 31.3 Å². The average molecular weight is 372 g/mol. The molecular weight excluding hydrogens is 354 g/mol. The van der Waals surface area contributed by atoms with E-state index in [-0.39, 0.29) is 5.97 Å². The first kappa shape index (κ1) is 17.9. The van der Waals surface area contributed by atoms with Gasteiger partial charge in [-0.15, -0.1) is 5.10 Å². The Kier molecular flexibility index (Phi) is 5.23. The van der Waals surface area contributed by atoms with E-state index in [1.165, 1.54) is 7.11 Å². The summed E-state index contributed by atoms with van der Waals surface area (Å²) in [6, 6.07) is 10.8. The van der Waals surface area contributed by atoms with Crippen LogP contribution in [0.25, 0.3) is 11.3 Å². The molecule has 7 heteroatoms. The molecule has 0 aliphatic heterocycles. The second-order valence-electron chi connectivity index (χ2n) is 5.78. The highest BCUT2D eigenvalue weighted by Gasteiger charge is 2.12. The fraction of sp³-hybridized carbons (Fsp3) is 0.211. The number of aryl methyl sites for hydroxylation is 1. The molecule has 0 aliphatic carbocycles.